The van der Waals surface area contributed by atoms with E-state index in [-0.39, 0.29) is 11.3 Å². The summed E-state index contributed by atoms with van der Waals surface area (Å²) in [4.78, 5) is 38.8. The standard InChI is InChI=1S/C23H20N6O3/c1-13-7-20-26-19(23(31)32)9-21(30)29(20)27-22(13)28-6-5-18-17(12-28)8-16(11-25-18)15-4-3-14(2)24-10-15/h3-4,7-11H,5-6,12H2,1-2H3,(H,31,32). The van der Waals surface area contributed by atoms with Crippen LogP contribution in [0.4, 0.5) is 5.82 Å². The number of carboxylic acid groups (broad SMARTS) is 1. The summed E-state index contributed by atoms with van der Waals surface area (Å²) in [7, 11) is 0. The molecule has 160 valence electrons. The molecular weight excluding hydrogens is 408 g/mol. The topological polar surface area (TPSA) is 114 Å². The summed E-state index contributed by atoms with van der Waals surface area (Å²) in [6, 6.07) is 8.82. The summed E-state index contributed by atoms with van der Waals surface area (Å²) in [6.07, 6.45) is 4.48. The van der Waals surface area contributed by atoms with E-state index in [1.807, 2.05) is 38.4 Å². The van der Waals surface area contributed by atoms with E-state index in [1.54, 1.807) is 6.07 Å². The number of anilines is 1. The van der Waals surface area contributed by atoms with E-state index < -0.39 is 11.5 Å². The molecule has 4 aromatic rings. The van der Waals surface area contributed by atoms with Crippen molar-refractivity contribution in [1.82, 2.24) is 24.6 Å². The van der Waals surface area contributed by atoms with Crippen molar-refractivity contribution in [2.45, 2.75) is 26.8 Å². The third-order valence-electron chi connectivity index (χ3n) is 5.62. The molecule has 0 aromatic carbocycles. The smallest absolute Gasteiger partial charge is 0.354 e. The van der Waals surface area contributed by atoms with Gasteiger partial charge in [-0.1, -0.05) is 6.07 Å². The van der Waals surface area contributed by atoms with E-state index in [0.29, 0.717) is 18.9 Å². The number of aryl methyl sites for hydroxylation is 2. The largest absolute Gasteiger partial charge is 0.477 e. The average Bonchev–Trinajstić information content (AvgIpc) is 2.78. The highest BCUT2D eigenvalue weighted by Crippen LogP contribution is 2.28. The maximum atomic E-state index is 12.4. The molecule has 4 aromatic heterocycles. The molecule has 0 saturated carbocycles. The Morgan fingerprint density at radius 1 is 1.06 bits per heavy atom. The number of carbonyl (C=O) groups is 1. The Hall–Kier alpha value is -4.14. The molecular formula is C23H20N6O3. The average molecular weight is 428 g/mol. The molecule has 0 unspecified atom stereocenters. The van der Waals surface area contributed by atoms with Crippen LogP contribution in [0.1, 0.15) is 33.0 Å². The molecule has 9 heteroatoms. The Bertz CT molecular complexity index is 1430. The van der Waals surface area contributed by atoms with E-state index in [0.717, 1.165) is 50.6 Å². The number of aromatic carboxylic acids is 1. The van der Waals surface area contributed by atoms with Crippen LogP contribution in [-0.4, -0.2) is 42.2 Å². The fourth-order valence-electron chi connectivity index (χ4n) is 3.95. The molecule has 0 spiro atoms. The maximum absolute atomic E-state index is 12.4. The van der Waals surface area contributed by atoms with E-state index in [1.165, 1.54) is 0 Å². The van der Waals surface area contributed by atoms with E-state index in [2.05, 4.69) is 31.0 Å². The minimum Gasteiger partial charge on any atom is -0.477 e. The van der Waals surface area contributed by atoms with Crippen LogP contribution in [0.5, 0.6) is 0 Å². The van der Waals surface area contributed by atoms with Gasteiger partial charge in [-0.25, -0.2) is 9.78 Å². The first-order valence-electron chi connectivity index (χ1n) is 10.2. The van der Waals surface area contributed by atoms with Crippen molar-refractivity contribution in [1.29, 1.82) is 0 Å². The monoisotopic (exact) mass is 428 g/mol. The molecule has 32 heavy (non-hydrogen) atoms. The summed E-state index contributed by atoms with van der Waals surface area (Å²) in [5.74, 6) is -0.580. The normalized spacial score (nSPS) is 13.2. The van der Waals surface area contributed by atoms with Gasteiger partial charge in [0.25, 0.3) is 5.56 Å². The van der Waals surface area contributed by atoms with Crippen LogP contribution in [0.3, 0.4) is 0 Å². The van der Waals surface area contributed by atoms with Gasteiger partial charge < -0.3 is 10.0 Å². The number of fused-ring (bicyclic) bond motifs is 2. The number of pyridine rings is 2. The van der Waals surface area contributed by atoms with Crippen LogP contribution in [0, 0.1) is 13.8 Å². The van der Waals surface area contributed by atoms with Gasteiger partial charge in [0.05, 0.1) is 0 Å². The van der Waals surface area contributed by atoms with Crippen LogP contribution < -0.4 is 10.5 Å². The maximum Gasteiger partial charge on any atom is 0.354 e. The Morgan fingerprint density at radius 2 is 1.88 bits per heavy atom. The fraction of sp³-hybridized carbons (Fsp3) is 0.217. The van der Waals surface area contributed by atoms with Gasteiger partial charge in [-0.3, -0.25) is 14.8 Å². The number of aromatic nitrogens is 5. The van der Waals surface area contributed by atoms with Gasteiger partial charge in [-0.05, 0) is 43.2 Å². The Balaban J connectivity index is 1.51. The highest BCUT2D eigenvalue weighted by atomic mass is 16.4. The second kappa shape index (κ2) is 7.52. The molecule has 0 radical (unpaired) electrons. The molecule has 0 saturated heterocycles. The van der Waals surface area contributed by atoms with Crippen LogP contribution >= 0.6 is 0 Å². The molecule has 0 atom stereocenters. The molecule has 0 fully saturated rings. The van der Waals surface area contributed by atoms with Gasteiger partial charge in [0.15, 0.2) is 17.2 Å². The zero-order chi connectivity index (χ0) is 22.4. The van der Waals surface area contributed by atoms with E-state index in [4.69, 9.17) is 5.11 Å². The second-order valence-electron chi connectivity index (χ2n) is 7.90. The molecule has 0 amide bonds. The molecule has 5 rings (SSSR count). The molecule has 5 heterocycles. The van der Waals surface area contributed by atoms with Crippen molar-refractivity contribution in [3.63, 3.8) is 0 Å². The first-order chi connectivity index (χ1) is 15.4. The lowest BCUT2D eigenvalue weighted by Gasteiger charge is -2.30. The van der Waals surface area contributed by atoms with E-state index in [9.17, 15) is 9.59 Å². The molecule has 0 aliphatic carbocycles. The predicted octanol–water partition coefficient (Wildman–Crippen LogP) is 2.42. The molecule has 1 aliphatic rings. The summed E-state index contributed by atoms with van der Waals surface area (Å²) in [6.45, 7) is 5.14. The van der Waals surface area contributed by atoms with Gasteiger partial charge in [0, 0.05) is 60.5 Å². The van der Waals surface area contributed by atoms with Crippen molar-refractivity contribution in [2.75, 3.05) is 11.4 Å². The van der Waals surface area contributed by atoms with Crippen molar-refractivity contribution in [2.24, 2.45) is 0 Å². The van der Waals surface area contributed by atoms with Gasteiger partial charge in [0.2, 0.25) is 0 Å². The number of hydrogen-bond acceptors (Lipinski definition) is 7. The summed E-state index contributed by atoms with van der Waals surface area (Å²) >= 11 is 0. The number of hydrogen-bond donors (Lipinski definition) is 1. The highest BCUT2D eigenvalue weighted by molar-refractivity contribution is 5.85. The molecule has 1 N–H and O–H groups in total. The lowest BCUT2D eigenvalue weighted by Crippen LogP contribution is -2.33. The fourth-order valence-corrected chi connectivity index (χ4v) is 3.95. The van der Waals surface area contributed by atoms with Crippen LogP contribution in [0.25, 0.3) is 16.8 Å². The van der Waals surface area contributed by atoms with Gasteiger partial charge in [0.1, 0.15) is 0 Å². The first kappa shape index (κ1) is 19.8. The van der Waals surface area contributed by atoms with Gasteiger partial charge >= 0.3 is 5.97 Å². The quantitative estimate of drug-likeness (QED) is 0.529. The van der Waals surface area contributed by atoms with Crippen molar-refractivity contribution >= 4 is 17.4 Å². The van der Waals surface area contributed by atoms with Gasteiger partial charge in [-0.2, -0.15) is 4.52 Å². The SMILES string of the molecule is Cc1ccc(-c2cnc3c(c2)CN(c2nn4c(=O)cc(C(=O)O)nc4cc2C)CC3)cn1. The third-order valence-corrected chi connectivity index (χ3v) is 5.62. The van der Waals surface area contributed by atoms with Crippen molar-refractivity contribution in [3.8, 4) is 11.1 Å². The van der Waals surface area contributed by atoms with Crippen LogP contribution in [0.15, 0.2) is 47.5 Å². The Kier molecular flexibility index (Phi) is 4.66. The van der Waals surface area contributed by atoms with Crippen LogP contribution in [0.2, 0.25) is 0 Å². The lowest BCUT2D eigenvalue weighted by molar-refractivity contribution is 0.0690. The number of rotatable bonds is 3. The summed E-state index contributed by atoms with van der Waals surface area (Å²) in [5.41, 5.74) is 5.33. The molecule has 0 bridgehead atoms. The Labute approximate surface area is 183 Å². The minimum atomic E-state index is -1.24. The summed E-state index contributed by atoms with van der Waals surface area (Å²) in [5, 5.41) is 13.7. The minimum absolute atomic E-state index is 0.212. The first-order valence-corrected chi connectivity index (χ1v) is 10.2. The van der Waals surface area contributed by atoms with Crippen LogP contribution in [-0.2, 0) is 13.0 Å². The number of nitrogens with zero attached hydrogens (tertiary/aromatic N) is 6. The molecule has 9 nitrogen and oxygen atoms in total. The van der Waals surface area contributed by atoms with Crippen molar-refractivity contribution in [3.05, 3.63) is 81.3 Å². The molecule has 1 aliphatic heterocycles. The van der Waals surface area contributed by atoms with E-state index >= 15 is 0 Å². The predicted molar refractivity (Wildman–Crippen MR) is 118 cm³/mol. The third kappa shape index (κ3) is 3.47. The second-order valence-corrected chi connectivity index (χ2v) is 7.90. The zero-order valence-electron chi connectivity index (χ0n) is 17.6. The Morgan fingerprint density at radius 3 is 2.62 bits per heavy atom. The van der Waals surface area contributed by atoms with Crippen molar-refractivity contribution < 1.29 is 9.90 Å². The zero-order valence-corrected chi connectivity index (χ0v) is 17.6. The lowest BCUT2D eigenvalue weighted by atomic mass is 10.0. The summed E-state index contributed by atoms with van der Waals surface area (Å²) < 4.78 is 1.15. The number of carboxylic acids is 1. The highest BCUT2D eigenvalue weighted by Gasteiger charge is 2.22. The van der Waals surface area contributed by atoms with Gasteiger partial charge in [-0.15, -0.1) is 5.10 Å².